The average molecular weight is 411 g/mol. The van der Waals surface area contributed by atoms with E-state index in [0.717, 1.165) is 10.6 Å². The SMILES string of the molecule is CNC(=O)[C@@H]1CN(C(=O)CCN2C(=O)CSc3ccccc32)c2ccccc2O1. The van der Waals surface area contributed by atoms with Gasteiger partial charge in [0, 0.05) is 24.9 Å². The number of nitrogens with one attached hydrogen (secondary N) is 1. The molecule has 1 N–H and O–H groups in total. The van der Waals surface area contributed by atoms with Gasteiger partial charge in [0.25, 0.3) is 5.91 Å². The molecule has 0 saturated carbocycles. The van der Waals surface area contributed by atoms with E-state index in [9.17, 15) is 14.4 Å². The highest BCUT2D eigenvalue weighted by atomic mass is 32.2. The van der Waals surface area contributed by atoms with Crippen molar-refractivity contribution in [3.8, 4) is 5.75 Å². The topological polar surface area (TPSA) is 79.0 Å². The van der Waals surface area contributed by atoms with Gasteiger partial charge in [-0.15, -0.1) is 11.8 Å². The van der Waals surface area contributed by atoms with Crippen LogP contribution in [0.3, 0.4) is 0 Å². The number of likely N-dealkylation sites (N-methyl/N-ethyl adjacent to an activating group) is 1. The summed E-state index contributed by atoms with van der Waals surface area (Å²) in [5.74, 6) is 0.417. The minimum absolute atomic E-state index is 0.00730. The van der Waals surface area contributed by atoms with Crippen LogP contribution in [0, 0.1) is 0 Å². The first-order chi connectivity index (χ1) is 14.1. The van der Waals surface area contributed by atoms with Crippen LogP contribution < -0.4 is 19.9 Å². The number of benzene rings is 2. The van der Waals surface area contributed by atoms with Gasteiger partial charge in [0.1, 0.15) is 5.75 Å². The molecule has 7 nitrogen and oxygen atoms in total. The molecule has 2 aromatic carbocycles. The molecule has 2 heterocycles. The molecule has 8 heteroatoms. The number of fused-ring (bicyclic) bond motifs is 2. The predicted molar refractivity (Wildman–Crippen MR) is 111 cm³/mol. The van der Waals surface area contributed by atoms with Gasteiger partial charge in [-0.1, -0.05) is 24.3 Å². The third-order valence-corrected chi connectivity index (χ3v) is 6.02. The highest BCUT2D eigenvalue weighted by Gasteiger charge is 2.34. The normalized spacial score (nSPS) is 17.8. The van der Waals surface area contributed by atoms with Crippen LogP contribution in [-0.2, 0) is 14.4 Å². The number of carbonyl (C=O) groups excluding carboxylic acids is 3. The highest BCUT2D eigenvalue weighted by Crippen LogP contribution is 2.36. The maximum Gasteiger partial charge on any atom is 0.262 e. The molecule has 3 amide bonds. The summed E-state index contributed by atoms with van der Waals surface area (Å²) < 4.78 is 5.75. The number of para-hydroxylation sites is 3. The molecule has 0 saturated heterocycles. The van der Waals surface area contributed by atoms with Crippen LogP contribution in [-0.4, -0.2) is 49.7 Å². The van der Waals surface area contributed by atoms with Crippen LogP contribution in [0.15, 0.2) is 53.4 Å². The fourth-order valence-electron chi connectivity index (χ4n) is 3.51. The van der Waals surface area contributed by atoms with Crippen molar-refractivity contribution in [2.75, 3.05) is 35.7 Å². The van der Waals surface area contributed by atoms with Crippen LogP contribution in [0.5, 0.6) is 5.75 Å². The number of hydrogen-bond acceptors (Lipinski definition) is 5. The largest absolute Gasteiger partial charge is 0.477 e. The summed E-state index contributed by atoms with van der Waals surface area (Å²) in [5, 5.41) is 2.57. The Hall–Kier alpha value is -3.00. The lowest BCUT2D eigenvalue weighted by molar-refractivity contribution is -0.127. The minimum atomic E-state index is -0.771. The molecule has 0 unspecified atom stereocenters. The number of nitrogens with zero attached hydrogens (tertiary/aromatic N) is 2. The van der Waals surface area contributed by atoms with Gasteiger partial charge in [-0.05, 0) is 24.3 Å². The van der Waals surface area contributed by atoms with Crippen molar-refractivity contribution in [2.45, 2.75) is 17.4 Å². The lowest BCUT2D eigenvalue weighted by Crippen LogP contribution is -2.50. The smallest absolute Gasteiger partial charge is 0.262 e. The third kappa shape index (κ3) is 3.80. The predicted octanol–water partition coefficient (Wildman–Crippen LogP) is 2.06. The Morgan fingerprint density at radius 1 is 1.14 bits per heavy atom. The van der Waals surface area contributed by atoms with Crippen LogP contribution >= 0.6 is 11.8 Å². The molecule has 2 aliphatic rings. The van der Waals surface area contributed by atoms with E-state index in [4.69, 9.17) is 4.74 Å². The Balaban J connectivity index is 1.52. The summed E-state index contributed by atoms with van der Waals surface area (Å²) in [4.78, 5) is 41.9. The average Bonchev–Trinajstić information content (AvgIpc) is 2.76. The lowest BCUT2D eigenvalue weighted by Gasteiger charge is -2.35. The number of thioether (sulfide) groups is 1. The van der Waals surface area contributed by atoms with E-state index in [0.29, 0.717) is 23.7 Å². The first kappa shape index (κ1) is 19.3. The van der Waals surface area contributed by atoms with Gasteiger partial charge < -0.3 is 19.9 Å². The van der Waals surface area contributed by atoms with Crippen molar-refractivity contribution in [1.29, 1.82) is 0 Å². The summed E-state index contributed by atoms with van der Waals surface area (Å²) >= 11 is 1.51. The standard InChI is InChI=1S/C21H21N3O4S/c1-22-21(27)17-12-24(14-6-2-4-8-16(14)28-17)19(25)10-11-23-15-7-3-5-9-18(15)29-13-20(23)26/h2-9,17H,10-13H2,1H3,(H,22,27)/t17-/m0/s1. The van der Waals surface area contributed by atoms with Crippen LogP contribution in [0.1, 0.15) is 6.42 Å². The lowest BCUT2D eigenvalue weighted by atomic mass is 10.1. The Morgan fingerprint density at radius 3 is 2.66 bits per heavy atom. The van der Waals surface area contributed by atoms with E-state index in [2.05, 4.69) is 5.32 Å². The second-order valence-electron chi connectivity index (χ2n) is 6.74. The Morgan fingerprint density at radius 2 is 1.86 bits per heavy atom. The van der Waals surface area contributed by atoms with Gasteiger partial charge in [0.05, 0.1) is 23.7 Å². The maximum atomic E-state index is 13.1. The molecule has 150 valence electrons. The summed E-state index contributed by atoms with van der Waals surface area (Å²) in [6.07, 6.45) is -0.618. The third-order valence-electron chi connectivity index (χ3n) is 4.97. The molecule has 0 radical (unpaired) electrons. The number of ether oxygens (including phenoxy) is 1. The number of carbonyl (C=O) groups is 3. The molecule has 0 bridgehead atoms. The number of hydrogen-bond donors (Lipinski definition) is 1. The van der Waals surface area contributed by atoms with Crippen LogP contribution in [0.2, 0.25) is 0 Å². The highest BCUT2D eigenvalue weighted by molar-refractivity contribution is 8.00. The zero-order valence-corrected chi connectivity index (χ0v) is 16.8. The number of rotatable bonds is 4. The molecule has 2 aromatic rings. The Kier molecular flexibility index (Phi) is 5.44. The molecule has 0 aliphatic carbocycles. The molecule has 4 rings (SSSR count). The second kappa shape index (κ2) is 8.16. The molecule has 0 fully saturated rings. The molecular weight excluding hydrogens is 390 g/mol. The van der Waals surface area contributed by atoms with Crippen molar-refractivity contribution in [2.24, 2.45) is 0 Å². The summed E-state index contributed by atoms with van der Waals surface area (Å²) in [5.41, 5.74) is 1.48. The second-order valence-corrected chi connectivity index (χ2v) is 7.76. The number of anilines is 2. The van der Waals surface area contributed by atoms with Crippen molar-refractivity contribution in [1.82, 2.24) is 5.32 Å². The van der Waals surface area contributed by atoms with E-state index in [1.54, 1.807) is 28.0 Å². The van der Waals surface area contributed by atoms with Gasteiger partial charge >= 0.3 is 0 Å². The Labute approximate surface area is 173 Å². The van der Waals surface area contributed by atoms with E-state index >= 15 is 0 Å². The molecule has 1 atom stereocenters. The maximum absolute atomic E-state index is 13.1. The van der Waals surface area contributed by atoms with Crippen LogP contribution in [0.25, 0.3) is 0 Å². The molecule has 0 spiro atoms. The van der Waals surface area contributed by atoms with Crippen LogP contribution in [0.4, 0.5) is 11.4 Å². The van der Waals surface area contributed by atoms with Crippen molar-refractivity contribution in [3.05, 3.63) is 48.5 Å². The zero-order valence-electron chi connectivity index (χ0n) is 16.0. The summed E-state index contributed by atoms with van der Waals surface area (Å²) in [6, 6.07) is 14.9. The minimum Gasteiger partial charge on any atom is -0.477 e. The fraction of sp³-hybridized carbons (Fsp3) is 0.286. The van der Waals surface area contributed by atoms with Gasteiger partial charge in [0.15, 0.2) is 6.10 Å². The summed E-state index contributed by atoms with van der Waals surface area (Å²) in [7, 11) is 1.54. The molecule has 29 heavy (non-hydrogen) atoms. The molecular formula is C21H21N3O4S. The van der Waals surface area contributed by atoms with Crippen molar-refractivity contribution < 1.29 is 19.1 Å². The Bertz CT molecular complexity index is 964. The first-order valence-electron chi connectivity index (χ1n) is 9.38. The fourth-order valence-corrected chi connectivity index (χ4v) is 4.45. The quantitative estimate of drug-likeness (QED) is 0.833. The number of amides is 3. The van der Waals surface area contributed by atoms with Crippen molar-refractivity contribution in [3.63, 3.8) is 0 Å². The van der Waals surface area contributed by atoms with Gasteiger partial charge in [-0.3, -0.25) is 14.4 Å². The van der Waals surface area contributed by atoms with E-state index in [1.807, 2.05) is 30.3 Å². The van der Waals surface area contributed by atoms with E-state index in [1.165, 1.54) is 18.8 Å². The monoisotopic (exact) mass is 411 g/mol. The molecule has 2 aliphatic heterocycles. The van der Waals surface area contributed by atoms with Gasteiger partial charge in [0.2, 0.25) is 11.8 Å². The van der Waals surface area contributed by atoms with E-state index in [-0.39, 0.29) is 30.7 Å². The molecule has 0 aromatic heterocycles. The first-order valence-corrected chi connectivity index (χ1v) is 10.4. The van der Waals surface area contributed by atoms with Crippen molar-refractivity contribution >= 4 is 40.9 Å². The van der Waals surface area contributed by atoms with Gasteiger partial charge in [-0.25, -0.2) is 0 Å². The van der Waals surface area contributed by atoms with E-state index < -0.39 is 6.10 Å². The zero-order chi connectivity index (χ0) is 20.4. The van der Waals surface area contributed by atoms with Gasteiger partial charge in [-0.2, -0.15) is 0 Å². The summed E-state index contributed by atoms with van der Waals surface area (Å²) in [6.45, 7) is 0.426.